The average Bonchev–Trinajstić information content (AvgIpc) is 3.31. The second-order valence-corrected chi connectivity index (χ2v) is 15.7. The van der Waals surface area contributed by atoms with Crippen LogP contribution in [-0.4, -0.2) is 0 Å². The van der Waals surface area contributed by atoms with Gasteiger partial charge in [0, 0.05) is 34.1 Å². The van der Waals surface area contributed by atoms with E-state index in [0.29, 0.717) is 0 Å². The summed E-state index contributed by atoms with van der Waals surface area (Å²) in [6.45, 7) is 8.70. The van der Waals surface area contributed by atoms with Gasteiger partial charge in [-0.3, -0.25) is 0 Å². The van der Waals surface area contributed by atoms with E-state index in [1.165, 1.54) is 44.5 Å². The summed E-state index contributed by atoms with van der Waals surface area (Å²) in [7, 11) is 0. The van der Waals surface area contributed by atoms with Crippen LogP contribution >= 0.6 is 0 Å². The van der Waals surface area contributed by atoms with Crippen molar-refractivity contribution in [3.8, 4) is 11.1 Å². The highest BCUT2D eigenvalue weighted by Crippen LogP contribution is 2.39. The van der Waals surface area contributed by atoms with Crippen LogP contribution in [0.1, 0.15) is 44.5 Å². The molecule has 62 heavy (non-hydrogen) atoms. The van der Waals surface area contributed by atoms with Crippen LogP contribution in [-0.2, 0) is 0 Å². The van der Waals surface area contributed by atoms with Crippen molar-refractivity contribution in [3.63, 3.8) is 0 Å². The number of nitrogens with zero attached hydrogens (tertiary/aromatic N) is 2. The van der Waals surface area contributed by atoms with E-state index in [9.17, 15) is 0 Å². The van der Waals surface area contributed by atoms with Gasteiger partial charge in [0.05, 0.1) is 0 Å². The van der Waals surface area contributed by atoms with Crippen molar-refractivity contribution in [3.05, 3.63) is 263 Å². The van der Waals surface area contributed by atoms with Gasteiger partial charge >= 0.3 is 0 Å². The van der Waals surface area contributed by atoms with E-state index >= 15 is 0 Å². The van der Waals surface area contributed by atoms with Crippen molar-refractivity contribution in [2.24, 2.45) is 0 Å². The van der Waals surface area contributed by atoms with Crippen molar-refractivity contribution >= 4 is 58.4 Å². The summed E-state index contributed by atoms with van der Waals surface area (Å²) in [6.07, 6.45) is 16.9. The topological polar surface area (TPSA) is 6.48 Å². The lowest BCUT2D eigenvalue weighted by Gasteiger charge is -2.27. The molecule has 0 heterocycles. The van der Waals surface area contributed by atoms with Crippen LogP contribution in [0.25, 0.3) is 35.4 Å². The SMILES string of the molecule is Cc1ccc(N(c2ccc(C=CC=Cc3ccccc3)cc2)c2ccc(-c3ccc(N(c4ccc(C=CC=Cc5ccccc5)cc4)c4ccc(C)c(C)c4)cc3)cc2)cc1C. The van der Waals surface area contributed by atoms with Crippen LogP contribution in [0.5, 0.6) is 0 Å². The number of rotatable bonds is 13. The van der Waals surface area contributed by atoms with Crippen LogP contribution in [0.2, 0.25) is 0 Å². The Kier molecular flexibility index (Phi) is 13.0. The van der Waals surface area contributed by atoms with Gasteiger partial charge in [-0.1, -0.05) is 170 Å². The predicted molar refractivity (Wildman–Crippen MR) is 269 cm³/mol. The molecule has 8 rings (SSSR count). The molecule has 2 nitrogen and oxygen atoms in total. The molecular weight excluding hydrogens is 749 g/mol. The highest BCUT2D eigenvalue weighted by Gasteiger charge is 2.16. The molecule has 0 fully saturated rings. The highest BCUT2D eigenvalue weighted by atomic mass is 15.1. The van der Waals surface area contributed by atoms with Gasteiger partial charge in [0.15, 0.2) is 0 Å². The molecule has 0 atom stereocenters. The maximum Gasteiger partial charge on any atom is 0.0464 e. The van der Waals surface area contributed by atoms with Gasteiger partial charge in [0.25, 0.3) is 0 Å². The van der Waals surface area contributed by atoms with Gasteiger partial charge in [-0.05, 0) is 156 Å². The van der Waals surface area contributed by atoms with Crippen LogP contribution in [0.15, 0.2) is 218 Å². The molecule has 0 saturated heterocycles. The smallest absolute Gasteiger partial charge is 0.0464 e. The molecular formula is C60H52N2. The minimum absolute atomic E-state index is 1.11. The first-order valence-corrected chi connectivity index (χ1v) is 21.3. The second-order valence-electron chi connectivity index (χ2n) is 15.7. The van der Waals surface area contributed by atoms with Crippen LogP contribution in [0.3, 0.4) is 0 Å². The molecule has 0 aliphatic carbocycles. The Hall–Kier alpha value is -7.68. The summed E-state index contributed by atoms with van der Waals surface area (Å²) in [5.74, 6) is 0. The minimum Gasteiger partial charge on any atom is -0.310 e. The van der Waals surface area contributed by atoms with Crippen molar-refractivity contribution in [2.75, 3.05) is 9.80 Å². The summed E-state index contributed by atoms with van der Waals surface area (Å²) in [5, 5.41) is 0. The minimum atomic E-state index is 1.11. The predicted octanol–water partition coefficient (Wildman–Crippen LogP) is 17.0. The average molecular weight is 801 g/mol. The number of aryl methyl sites for hydroxylation is 4. The normalized spacial score (nSPS) is 11.6. The molecule has 0 radical (unpaired) electrons. The summed E-state index contributed by atoms with van der Waals surface area (Å²) in [6, 6.07) is 69.6. The fraction of sp³-hybridized carbons (Fsp3) is 0.0667. The molecule has 0 bridgehead atoms. The first kappa shape index (κ1) is 41.1. The first-order valence-electron chi connectivity index (χ1n) is 21.3. The Balaban J connectivity index is 1.03. The first-order chi connectivity index (χ1) is 30.4. The second kappa shape index (κ2) is 19.6. The Morgan fingerprint density at radius 1 is 0.258 bits per heavy atom. The lowest BCUT2D eigenvalue weighted by atomic mass is 10.0. The van der Waals surface area contributed by atoms with E-state index in [0.717, 1.165) is 45.3 Å². The summed E-state index contributed by atoms with van der Waals surface area (Å²) in [5.41, 5.74) is 18.8. The molecule has 0 aliphatic rings. The van der Waals surface area contributed by atoms with Gasteiger partial charge in [0.1, 0.15) is 0 Å². The van der Waals surface area contributed by atoms with E-state index in [2.05, 4.69) is 268 Å². The Morgan fingerprint density at radius 3 is 0.839 bits per heavy atom. The Labute approximate surface area is 368 Å². The number of benzene rings is 8. The van der Waals surface area contributed by atoms with E-state index < -0.39 is 0 Å². The molecule has 8 aromatic carbocycles. The van der Waals surface area contributed by atoms with Crippen LogP contribution < -0.4 is 9.80 Å². The molecule has 8 aromatic rings. The molecule has 0 spiro atoms. The van der Waals surface area contributed by atoms with E-state index in [1.807, 2.05) is 12.1 Å². The third-order valence-corrected chi connectivity index (χ3v) is 11.4. The largest absolute Gasteiger partial charge is 0.310 e. The maximum absolute atomic E-state index is 2.34. The summed E-state index contributed by atoms with van der Waals surface area (Å²) >= 11 is 0. The molecule has 0 N–H and O–H groups in total. The van der Waals surface area contributed by atoms with Crippen molar-refractivity contribution < 1.29 is 0 Å². The van der Waals surface area contributed by atoms with Crippen molar-refractivity contribution in [1.29, 1.82) is 0 Å². The van der Waals surface area contributed by atoms with Gasteiger partial charge in [-0.2, -0.15) is 0 Å². The van der Waals surface area contributed by atoms with Crippen molar-refractivity contribution in [2.45, 2.75) is 27.7 Å². The lowest BCUT2D eigenvalue weighted by Crippen LogP contribution is -2.10. The number of hydrogen-bond acceptors (Lipinski definition) is 2. The monoisotopic (exact) mass is 800 g/mol. The van der Waals surface area contributed by atoms with E-state index in [1.54, 1.807) is 0 Å². The third-order valence-electron chi connectivity index (χ3n) is 11.4. The lowest BCUT2D eigenvalue weighted by molar-refractivity contribution is 1.25. The molecule has 0 amide bonds. The van der Waals surface area contributed by atoms with E-state index in [4.69, 9.17) is 0 Å². The fourth-order valence-corrected chi connectivity index (χ4v) is 7.49. The zero-order valence-electron chi connectivity index (χ0n) is 36.0. The molecule has 0 saturated carbocycles. The van der Waals surface area contributed by atoms with Gasteiger partial charge < -0.3 is 9.80 Å². The zero-order chi connectivity index (χ0) is 42.7. The zero-order valence-corrected chi connectivity index (χ0v) is 36.0. The van der Waals surface area contributed by atoms with Gasteiger partial charge in [-0.25, -0.2) is 0 Å². The fourth-order valence-electron chi connectivity index (χ4n) is 7.49. The standard InChI is InChI=1S/C60H52N2/c1-45-23-33-59(43-47(45)3)61(55-35-25-51(26-36-55)21-13-11-19-49-15-7-5-8-16-49)57-39-29-53(30-40-57)54-31-41-58(42-32-54)62(60-34-24-46(2)48(4)44-60)56-37-27-52(28-38-56)22-14-12-20-50-17-9-6-10-18-50/h5-44H,1-4H3. The quantitative estimate of drug-likeness (QED) is 0.107. The van der Waals surface area contributed by atoms with Crippen LogP contribution in [0.4, 0.5) is 34.1 Å². The number of allylic oxidation sites excluding steroid dienone is 4. The van der Waals surface area contributed by atoms with Gasteiger partial charge in [-0.15, -0.1) is 0 Å². The Morgan fingerprint density at radius 2 is 0.532 bits per heavy atom. The number of anilines is 6. The molecule has 302 valence electrons. The Bertz CT molecular complexity index is 2630. The molecule has 0 aliphatic heterocycles. The van der Waals surface area contributed by atoms with Gasteiger partial charge in [0.2, 0.25) is 0 Å². The maximum atomic E-state index is 2.34. The van der Waals surface area contributed by atoms with Crippen molar-refractivity contribution in [1.82, 2.24) is 0 Å². The summed E-state index contributed by atoms with van der Waals surface area (Å²) in [4.78, 5) is 4.68. The highest BCUT2D eigenvalue weighted by molar-refractivity contribution is 5.82. The number of hydrogen-bond donors (Lipinski definition) is 0. The molecule has 0 aromatic heterocycles. The van der Waals surface area contributed by atoms with E-state index in [-0.39, 0.29) is 0 Å². The summed E-state index contributed by atoms with van der Waals surface area (Å²) < 4.78 is 0. The molecule has 2 heteroatoms. The molecule has 0 unspecified atom stereocenters. The van der Waals surface area contributed by atoms with Crippen LogP contribution in [0, 0.1) is 27.7 Å². The third kappa shape index (κ3) is 10.2.